The Kier molecular flexibility index (Phi) is 7.76. The van der Waals surface area contributed by atoms with E-state index < -0.39 is 28.9 Å². The number of aromatic nitrogens is 3. The Morgan fingerprint density at radius 1 is 1.17 bits per heavy atom. The van der Waals surface area contributed by atoms with Gasteiger partial charge in [-0.05, 0) is 64.7 Å². The van der Waals surface area contributed by atoms with E-state index in [1.54, 1.807) is 27.0 Å². The lowest BCUT2D eigenvalue weighted by atomic mass is 9.81. The van der Waals surface area contributed by atoms with Gasteiger partial charge in [0.25, 0.3) is 0 Å². The number of nitrogens with one attached hydrogen (secondary N) is 3. The summed E-state index contributed by atoms with van der Waals surface area (Å²) in [7, 11) is 0. The van der Waals surface area contributed by atoms with Crippen LogP contribution in [0.25, 0.3) is 10.9 Å². The zero-order valence-corrected chi connectivity index (χ0v) is 23.9. The molecular weight excluding hydrogens is 559 g/mol. The number of halogens is 3. The number of thiazole rings is 1. The molecule has 4 N–H and O–H groups in total. The standard InChI is InChI=1S/C27H34F3N7O3S/c1-25(2,3)34-24(39)37-20-5-4-16(27(28,29)30)12-19(20)22(35-37)32-13-21(38)33-17-14-36(15-17)18-6-8-26(40,9-7-18)23-31-10-11-41-23/h4-5,10-12,17-18,40H,6-9,13-15H2,1-3H3,(H,32,35)(H,33,38)(H,34,39). The molecule has 0 atom stereocenters. The van der Waals surface area contributed by atoms with Crippen molar-refractivity contribution in [3.05, 3.63) is 40.3 Å². The molecule has 14 heteroatoms. The van der Waals surface area contributed by atoms with Gasteiger partial charge in [0.2, 0.25) is 5.91 Å². The molecule has 2 aliphatic rings. The zero-order valence-electron chi connectivity index (χ0n) is 23.1. The van der Waals surface area contributed by atoms with E-state index in [0.717, 1.165) is 34.7 Å². The molecule has 2 amide bonds. The van der Waals surface area contributed by atoms with E-state index in [-0.39, 0.29) is 35.2 Å². The molecule has 2 aromatic heterocycles. The Labute approximate surface area is 239 Å². The van der Waals surface area contributed by atoms with Crippen molar-refractivity contribution in [1.82, 2.24) is 30.3 Å². The molecule has 2 fully saturated rings. The quantitative estimate of drug-likeness (QED) is 0.342. The smallest absolute Gasteiger partial charge is 0.383 e. The molecular formula is C27H34F3N7O3S. The van der Waals surface area contributed by atoms with Gasteiger partial charge < -0.3 is 21.1 Å². The lowest BCUT2D eigenvalue weighted by molar-refractivity contribution is -0.137. The summed E-state index contributed by atoms with van der Waals surface area (Å²) < 4.78 is 41.2. The van der Waals surface area contributed by atoms with Crippen LogP contribution < -0.4 is 16.0 Å². The number of benzene rings is 1. The van der Waals surface area contributed by atoms with Gasteiger partial charge in [-0.3, -0.25) is 9.69 Å². The molecule has 0 spiro atoms. The van der Waals surface area contributed by atoms with Crippen LogP contribution >= 0.6 is 11.3 Å². The van der Waals surface area contributed by atoms with Gasteiger partial charge in [-0.2, -0.15) is 17.9 Å². The number of carbonyl (C=O) groups excluding carboxylic acids is 2. The lowest BCUT2D eigenvalue weighted by Gasteiger charge is -2.47. The lowest BCUT2D eigenvalue weighted by Crippen LogP contribution is -2.63. The minimum atomic E-state index is -4.58. The molecule has 0 unspecified atom stereocenters. The largest absolute Gasteiger partial charge is 0.416 e. The van der Waals surface area contributed by atoms with Crippen molar-refractivity contribution in [3.8, 4) is 0 Å². The molecule has 3 heterocycles. The molecule has 3 aromatic rings. The van der Waals surface area contributed by atoms with Gasteiger partial charge in [0, 0.05) is 41.6 Å². The predicted molar refractivity (Wildman–Crippen MR) is 149 cm³/mol. The SMILES string of the molecule is CC(C)(C)NC(=O)n1nc(NCC(=O)NC2CN(C3CCC(O)(c4nccs4)CC3)C2)c2cc(C(F)(F)F)ccc21. The second-order valence-electron chi connectivity index (χ2n) is 11.8. The average molecular weight is 594 g/mol. The van der Waals surface area contributed by atoms with Crippen LogP contribution in [-0.2, 0) is 16.6 Å². The van der Waals surface area contributed by atoms with Crippen molar-refractivity contribution in [2.45, 2.75) is 75.9 Å². The molecule has 1 aliphatic heterocycles. The van der Waals surface area contributed by atoms with E-state index >= 15 is 0 Å². The van der Waals surface area contributed by atoms with Crippen LogP contribution in [0.1, 0.15) is 57.0 Å². The third kappa shape index (κ3) is 6.49. The number of hydrogen-bond donors (Lipinski definition) is 4. The first kappa shape index (κ1) is 29.3. The van der Waals surface area contributed by atoms with Crippen LogP contribution in [0.15, 0.2) is 29.8 Å². The Morgan fingerprint density at radius 2 is 1.88 bits per heavy atom. The number of carbonyl (C=O) groups is 2. The molecule has 5 rings (SSSR count). The normalized spacial score (nSPS) is 22.4. The highest BCUT2D eigenvalue weighted by molar-refractivity contribution is 7.09. The summed E-state index contributed by atoms with van der Waals surface area (Å²) in [6, 6.07) is 2.71. The molecule has 0 bridgehead atoms. The fraction of sp³-hybridized carbons (Fsp3) is 0.556. The maximum Gasteiger partial charge on any atom is 0.416 e. The number of hydrogen-bond acceptors (Lipinski definition) is 8. The van der Waals surface area contributed by atoms with E-state index in [1.165, 1.54) is 17.4 Å². The van der Waals surface area contributed by atoms with E-state index in [9.17, 15) is 27.9 Å². The van der Waals surface area contributed by atoms with E-state index in [2.05, 4.69) is 30.9 Å². The van der Waals surface area contributed by atoms with Crippen molar-refractivity contribution in [3.63, 3.8) is 0 Å². The van der Waals surface area contributed by atoms with Crippen molar-refractivity contribution < 1.29 is 27.9 Å². The molecule has 1 saturated heterocycles. The van der Waals surface area contributed by atoms with Gasteiger partial charge in [-0.1, -0.05) is 0 Å². The van der Waals surface area contributed by atoms with E-state index in [1.807, 2.05) is 5.38 Å². The fourth-order valence-electron chi connectivity index (χ4n) is 5.41. The number of amides is 2. The number of nitrogens with zero attached hydrogens (tertiary/aromatic N) is 4. The summed E-state index contributed by atoms with van der Waals surface area (Å²) in [5, 5.41) is 26.4. The monoisotopic (exact) mass is 593 g/mol. The summed E-state index contributed by atoms with van der Waals surface area (Å²) in [4.78, 5) is 32.1. The molecule has 1 saturated carbocycles. The first-order chi connectivity index (χ1) is 19.2. The molecule has 41 heavy (non-hydrogen) atoms. The van der Waals surface area contributed by atoms with E-state index in [4.69, 9.17) is 0 Å². The fourth-order valence-corrected chi connectivity index (χ4v) is 6.21. The highest BCUT2D eigenvalue weighted by Crippen LogP contribution is 2.40. The summed E-state index contributed by atoms with van der Waals surface area (Å²) in [5.41, 5.74) is -2.15. The summed E-state index contributed by atoms with van der Waals surface area (Å²) in [6.07, 6.45) is 0.111. The van der Waals surface area contributed by atoms with Crippen molar-refractivity contribution in [2.24, 2.45) is 0 Å². The first-order valence-corrected chi connectivity index (χ1v) is 14.4. The van der Waals surface area contributed by atoms with E-state index in [0.29, 0.717) is 32.0 Å². The van der Waals surface area contributed by atoms with Gasteiger partial charge in [-0.25, -0.2) is 9.78 Å². The summed E-state index contributed by atoms with van der Waals surface area (Å²) in [6.45, 7) is 6.49. The molecule has 0 radical (unpaired) electrons. The maximum absolute atomic E-state index is 13.4. The van der Waals surface area contributed by atoms with Gasteiger partial charge >= 0.3 is 12.2 Å². The number of anilines is 1. The number of fused-ring (bicyclic) bond motifs is 1. The Hall–Kier alpha value is -3.23. The molecule has 10 nitrogen and oxygen atoms in total. The zero-order chi connectivity index (χ0) is 29.6. The van der Waals surface area contributed by atoms with Crippen LogP contribution in [0.4, 0.5) is 23.8 Å². The Bertz CT molecular complexity index is 1400. The number of aliphatic hydroxyl groups is 1. The molecule has 1 aromatic carbocycles. The minimum Gasteiger partial charge on any atom is -0.383 e. The number of rotatable bonds is 6. The van der Waals surface area contributed by atoms with Crippen LogP contribution in [0.3, 0.4) is 0 Å². The Morgan fingerprint density at radius 3 is 2.49 bits per heavy atom. The van der Waals surface area contributed by atoms with Crippen molar-refractivity contribution in [1.29, 1.82) is 0 Å². The van der Waals surface area contributed by atoms with Crippen LogP contribution in [0, 0.1) is 0 Å². The molecule has 222 valence electrons. The third-order valence-electron chi connectivity index (χ3n) is 7.50. The van der Waals surface area contributed by atoms with Gasteiger partial charge in [0.15, 0.2) is 5.82 Å². The van der Waals surface area contributed by atoms with Crippen LogP contribution in [-0.4, -0.2) is 74.0 Å². The molecule has 1 aliphatic carbocycles. The highest BCUT2D eigenvalue weighted by Gasteiger charge is 2.41. The summed E-state index contributed by atoms with van der Waals surface area (Å²) >= 11 is 1.47. The average Bonchev–Trinajstić information content (AvgIpc) is 3.53. The topological polar surface area (TPSA) is 124 Å². The Balaban J connectivity index is 1.17. The minimum absolute atomic E-state index is 0.00969. The van der Waals surface area contributed by atoms with Gasteiger partial charge in [0.1, 0.15) is 10.6 Å². The van der Waals surface area contributed by atoms with Gasteiger partial charge in [0.05, 0.1) is 23.7 Å². The third-order valence-corrected chi connectivity index (χ3v) is 8.47. The van der Waals surface area contributed by atoms with Gasteiger partial charge in [-0.15, -0.1) is 16.4 Å². The summed E-state index contributed by atoms with van der Waals surface area (Å²) in [5.74, 6) is -0.319. The first-order valence-electron chi connectivity index (χ1n) is 13.5. The number of likely N-dealkylation sites (tertiary alicyclic amines) is 1. The van der Waals surface area contributed by atoms with Crippen molar-refractivity contribution in [2.75, 3.05) is 25.0 Å². The van der Waals surface area contributed by atoms with Crippen LogP contribution in [0.5, 0.6) is 0 Å². The number of alkyl halides is 3. The second kappa shape index (κ2) is 10.9. The maximum atomic E-state index is 13.4. The van der Waals surface area contributed by atoms with Crippen LogP contribution in [0.2, 0.25) is 0 Å². The predicted octanol–water partition coefficient (Wildman–Crippen LogP) is 3.91. The second-order valence-corrected chi connectivity index (χ2v) is 12.7. The van der Waals surface area contributed by atoms with Crippen molar-refractivity contribution >= 4 is 40.0 Å². The highest BCUT2D eigenvalue weighted by atomic mass is 32.1.